The third-order valence-corrected chi connectivity index (χ3v) is 2.51. The van der Waals surface area contributed by atoms with E-state index in [1.165, 1.54) is 12.1 Å². The summed E-state index contributed by atoms with van der Waals surface area (Å²) < 4.78 is 5.05. The number of amides is 1. The van der Waals surface area contributed by atoms with Gasteiger partial charge in [0.25, 0.3) is 5.91 Å². The first-order chi connectivity index (χ1) is 9.10. The van der Waals surface area contributed by atoms with Crippen LogP contribution in [0.2, 0.25) is 10.2 Å². The van der Waals surface area contributed by atoms with Gasteiger partial charge < -0.3 is 4.74 Å². The Morgan fingerprint density at radius 1 is 1.42 bits per heavy atom. The molecule has 100 valence electrons. The number of pyridine rings is 1. The number of aromatic nitrogens is 4. The first-order valence-electron chi connectivity index (χ1n) is 5.28. The number of nitrogens with zero attached hydrogens (tertiary/aromatic N) is 3. The molecule has 2 rings (SSSR count). The van der Waals surface area contributed by atoms with Crippen molar-refractivity contribution in [3.8, 4) is 6.01 Å². The molecule has 0 spiro atoms. The van der Waals surface area contributed by atoms with E-state index in [2.05, 4.69) is 25.5 Å². The fraction of sp³-hybridized carbons (Fsp3) is 0.200. The van der Waals surface area contributed by atoms with Crippen LogP contribution in [0.1, 0.15) is 17.4 Å². The van der Waals surface area contributed by atoms with E-state index in [0.29, 0.717) is 6.61 Å². The van der Waals surface area contributed by atoms with Crippen LogP contribution in [0.25, 0.3) is 0 Å². The van der Waals surface area contributed by atoms with Crippen LogP contribution >= 0.6 is 23.2 Å². The highest BCUT2D eigenvalue weighted by atomic mass is 35.5. The Balaban J connectivity index is 2.13. The molecule has 0 bridgehead atoms. The minimum Gasteiger partial charge on any atom is -0.463 e. The topological polar surface area (TPSA) is 92.8 Å². The Bertz CT molecular complexity index is 601. The summed E-state index contributed by atoms with van der Waals surface area (Å²) in [6, 6.07) is 3.11. The number of rotatable bonds is 4. The lowest BCUT2D eigenvalue weighted by molar-refractivity contribution is 0.102. The van der Waals surface area contributed by atoms with Gasteiger partial charge in [-0.2, -0.15) is 4.98 Å². The molecule has 19 heavy (non-hydrogen) atoms. The average molecular weight is 302 g/mol. The summed E-state index contributed by atoms with van der Waals surface area (Å²) >= 11 is 11.6. The highest BCUT2D eigenvalue weighted by Crippen LogP contribution is 2.18. The molecule has 9 heteroatoms. The summed E-state index contributed by atoms with van der Waals surface area (Å²) in [5.41, 5.74) is 0.00327. The van der Waals surface area contributed by atoms with Gasteiger partial charge in [-0.15, -0.1) is 5.10 Å². The van der Waals surface area contributed by atoms with Gasteiger partial charge in [-0.1, -0.05) is 23.2 Å². The maximum atomic E-state index is 11.9. The van der Waals surface area contributed by atoms with Gasteiger partial charge in [0.15, 0.2) is 0 Å². The van der Waals surface area contributed by atoms with E-state index in [9.17, 15) is 4.79 Å². The van der Waals surface area contributed by atoms with Gasteiger partial charge in [0.1, 0.15) is 10.8 Å². The maximum Gasteiger partial charge on any atom is 0.337 e. The molecule has 2 N–H and O–H groups in total. The molecule has 7 nitrogen and oxygen atoms in total. The Kier molecular flexibility index (Phi) is 4.18. The third kappa shape index (κ3) is 3.33. The summed E-state index contributed by atoms with van der Waals surface area (Å²) in [6.07, 6.45) is 0. The van der Waals surface area contributed by atoms with E-state index in [1.54, 1.807) is 6.92 Å². The molecule has 0 aliphatic heterocycles. The highest BCUT2D eigenvalue weighted by Gasteiger charge is 2.15. The smallest absolute Gasteiger partial charge is 0.337 e. The Morgan fingerprint density at radius 2 is 2.21 bits per heavy atom. The van der Waals surface area contributed by atoms with Crippen LogP contribution in [0.15, 0.2) is 12.1 Å². The number of carbonyl (C=O) groups is 1. The Morgan fingerprint density at radius 3 is 2.95 bits per heavy atom. The van der Waals surface area contributed by atoms with Gasteiger partial charge >= 0.3 is 6.01 Å². The monoisotopic (exact) mass is 301 g/mol. The van der Waals surface area contributed by atoms with Crippen molar-refractivity contribution in [1.82, 2.24) is 20.2 Å². The predicted octanol–water partition coefficient (Wildman–Crippen LogP) is 2.16. The predicted molar refractivity (Wildman–Crippen MR) is 69.8 cm³/mol. The van der Waals surface area contributed by atoms with Crippen molar-refractivity contribution in [2.75, 3.05) is 11.9 Å². The first kappa shape index (κ1) is 13.6. The normalized spacial score (nSPS) is 10.3. The fourth-order valence-electron chi connectivity index (χ4n) is 1.24. The molecule has 0 radical (unpaired) electrons. The van der Waals surface area contributed by atoms with E-state index in [4.69, 9.17) is 27.9 Å². The molecule has 1 amide bonds. The van der Waals surface area contributed by atoms with Crippen LogP contribution in [0, 0.1) is 0 Å². The number of hydrogen-bond acceptors (Lipinski definition) is 5. The van der Waals surface area contributed by atoms with Crippen LogP contribution in [0.3, 0.4) is 0 Å². The number of H-pyrrole nitrogens is 1. The first-order valence-corrected chi connectivity index (χ1v) is 6.04. The zero-order chi connectivity index (χ0) is 13.8. The number of ether oxygens (including phenoxy) is 1. The van der Waals surface area contributed by atoms with E-state index in [-0.39, 0.29) is 27.8 Å². The van der Waals surface area contributed by atoms with E-state index >= 15 is 0 Å². The zero-order valence-corrected chi connectivity index (χ0v) is 11.3. The van der Waals surface area contributed by atoms with Crippen LogP contribution < -0.4 is 10.1 Å². The molecule has 0 unspecified atom stereocenters. The lowest BCUT2D eigenvalue weighted by atomic mass is 10.3. The number of nitrogens with one attached hydrogen (secondary N) is 2. The second-order valence-corrected chi connectivity index (χ2v) is 4.11. The molecule has 0 saturated carbocycles. The van der Waals surface area contributed by atoms with Crippen LogP contribution in [-0.2, 0) is 0 Å². The standard InChI is InChI=1S/C10H9Cl2N5O2/c1-2-19-10-15-9(16-17-10)14-8(18)7-5(11)3-4-6(12)13-7/h3-4H,2H2,1H3,(H2,14,15,16,17,18). The summed E-state index contributed by atoms with van der Waals surface area (Å²) in [5.74, 6) is -0.419. The van der Waals surface area contributed by atoms with Crippen molar-refractivity contribution in [3.05, 3.63) is 28.0 Å². The molecule has 0 atom stereocenters. The van der Waals surface area contributed by atoms with Crippen molar-refractivity contribution < 1.29 is 9.53 Å². The largest absolute Gasteiger partial charge is 0.463 e. The number of carbonyl (C=O) groups excluding carboxylic acids is 1. The molecule has 0 aliphatic rings. The minimum atomic E-state index is -0.549. The lowest BCUT2D eigenvalue weighted by Crippen LogP contribution is -2.15. The molecule has 2 aromatic heterocycles. The number of halogens is 2. The summed E-state index contributed by atoms with van der Waals surface area (Å²) in [4.78, 5) is 19.6. The van der Waals surface area contributed by atoms with E-state index < -0.39 is 5.91 Å². The van der Waals surface area contributed by atoms with Gasteiger partial charge in [0.05, 0.1) is 11.6 Å². The van der Waals surface area contributed by atoms with Crippen molar-refractivity contribution in [2.24, 2.45) is 0 Å². The molecule has 0 saturated heterocycles. The second kappa shape index (κ2) is 5.85. The maximum absolute atomic E-state index is 11.9. The van der Waals surface area contributed by atoms with Crippen molar-refractivity contribution in [2.45, 2.75) is 6.92 Å². The number of aromatic amines is 1. The number of anilines is 1. The van der Waals surface area contributed by atoms with Gasteiger partial charge in [-0.05, 0) is 19.1 Å². The lowest BCUT2D eigenvalue weighted by Gasteiger charge is -2.03. The molecule has 0 fully saturated rings. The van der Waals surface area contributed by atoms with Crippen molar-refractivity contribution in [3.63, 3.8) is 0 Å². The Labute approximate surface area is 118 Å². The molecule has 2 heterocycles. The Hall–Kier alpha value is -1.86. The van der Waals surface area contributed by atoms with Gasteiger partial charge in [-0.25, -0.2) is 10.1 Å². The summed E-state index contributed by atoms with van der Waals surface area (Å²) in [7, 11) is 0. The quantitative estimate of drug-likeness (QED) is 0.844. The second-order valence-electron chi connectivity index (χ2n) is 3.32. The minimum absolute atomic E-state index is 0.00327. The average Bonchev–Trinajstić information content (AvgIpc) is 2.80. The SMILES string of the molecule is CCOc1n[nH]c(NC(=O)c2nc(Cl)ccc2Cl)n1. The fourth-order valence-corrected chi connectivity index (χ4v) is 1.58. The summed E-state index contributed by atoms with van der Waals surface area (Å²) in [6.45, 7) is 2.22. The molecule has 0 aromatic carbocycles. The van der Waals surface area contributed by atoms with E-state index in [1.807, 2.05) is 0 Å². The zero-order valence-electron chi connectivity index (χ0n) is 9.78. The molecule has 0 aliphatic carbocycles. The summed E-state index contributed by atoms with van der Waals surface area (Å²) in [5, 5.41) is 9.05. The van der Waals surface area contributed by atoms with Crippen LogP contribution in [-0.4, -0.2) is 32.7 Å². The van der Waals surface area contributed by atoms with Crippen molar-refractivity contribution in [1.29, 1.82) is 0 Å². The van der Waals surface area contributed by atoms with Gasteiger partial charge in [-0.3, -0.25) is 10.1 Å². The van der Waals surface area contributed by atoms with Gasteiger partial charge in [0.2, 0.25) is 5.95 Å². The van der Waals surface area contributed by atoms with Crippen LogP contribution in [0.5, 0.6) is 6.01 Å². The molecular weight excluding hydrogens is 293 g/mol. The highest BCUT2D eigenvalue weighted by molar-refractivity contribution is 6.35. The number of hydrogen-bond donors (Lipinski definition) is 2. The van der Waals surface area contributed by atoms with Crippen LogP contribution in [0.4, 0.5) is 5.95 Å². The molecular formula is C10H9Cl2N5O2. The molecule has 2 aromatic rings. The van der Waals surface area contributed by atoms with E-state index in [0.717, 1.165) is 0 Å². The third-order valence-electron chi connectivity index (χ3n) is 2.00. The van der Waals surface area contributed by atoms with Gasteiger partial charge in [0, 0.05) is 0 Å². The van der Waals surface area contributed by atoms with Crippen molar-refractivity contribution >= 4 is 35.1 Å².